The van der Waals surface area contributed by atoms with Crippen molar-refractivity contribution in [1.82, 2.24) is 0 Å². The summed E-state index contributed by atoms with van der Waals surface area (Å²) in [5.41, 5.74) is 0. The van der Waals surface area contributed by atoms with Crippen molar-refractivity contribution < 1.29 is 49.0 Å². The van der Waals surface area contributed by atoms with Gasteiger partial charge in [-0.3, -0.25) is 9.59 Å². The number of esters is 2. The third-order valence-corrected chi connectivity index (χ3v) is 5.88. The SMILES string of the molecule is CCC/C=C\C/C=C\CCCCCCCC(=O)OC(COC(C)=O)COC1OC(CO)C(O)C(O)C1O. The molecular weight excluding hydrogens is 484 g/mol. The number of hydrogen-bond acceptors (Lipinski definition) is 10. The summed E-state index contributed by atoms with van der Waals surface area (Å²) in [6.45, 7) is 2.25. The zero-order valence-corrected chi connectivity index (χ0v) is 22.2. The number of aliphatic hydroxyl groups excluding tert-OH is 4. The molecule has 1 rings (SSSR count). The summed E-state index contributed by atoms with van der Waals surface area (Å²) in [6, 6.07) is 0. The van der Waals surface area contributed by atoms with E-state index in [0.29, 0.717) is 6.42 Å². The largest absolute Gasteiger partial charge is 0.462 e. The number of carbonyl (C=O) groups is 2. The summed E-state index contributed by atoms with van der Waals surface area (Å²) in [6.07, 6.45) is 10.0. The topological polar surface area (TPSA) is 152 Å². The molecule has 1 fully saturated rings. The average molecular weight is 531 g/mol. The minimum Gasteiger partial charge on any atom is -0.462 e. The lowest BCUT2D eigenvalue weighted by Gasteiger charge is -2.39. The number of ether oxygens (including phenoxy) is 4. The Hall–Kier alpha value is -1.82. The van der Waals surface area contributed by atoms with Gasteiger partial charge in [0.15, 0.2) is 12.4 Å². The number of allylic oxidation sites excluding steroid dienone is 4. The Kier molecular flexibility index (Phi) is 18.1. The maximum Gasteiger partial charge on any atom is 0.306 e. The van der Waals surface area contributed by atoms with Crippen LogP contribution in [0.3, 0.4) is 0 Å². The molecule has 1 aliphatic heterocycles. The minimum atomic E-state index is -1.59. The molecule has 6 atom stereocenters. The molecule has 10 nitrogen and oxygen atoms in total. The van der Waals surface area contributed by atoms with Crippen LogP contribution in [0.5, 0.6) is 0 Å². The lowest BCUT2D eigenvalue weighted by Crippen LogP contribution is -2.59. The second-order valence-corrected chi connectivity index (χ2v) is 9.22. The number of aliphatic hydroxyl groups is 4. The van der Waals surface area contributed by atoms with E-state index in [1.165, 1.54) is 13.3 Å². The van der Waals surface area contributed by atoms with Crippen molar-refractivity contribution in [1.29, 1.82) is 0 Å². The molecule has 6 unspecified atom stereocenters. The van der Waals surface area contributed by atoms with Crippen LogP contribution in [0.15, 0.2) is 24.3 Å². The van der Waals surface area contributed by atoms with E-state index >= 15 is 0 Å². The van der Waals surface area contributed by atoms with Gasteiger partial charge in [-0.2, -0.15) is 0 Å². The highest BCUT2D eigenvalue weighted by Gasteiger charge is 2.44. The molecule has 0 amide bonds. The Balaban J connectivity index is 2.31. The molecule has 37 heavy (non-hydrogen) atoms. The smallest absolute Gasteiger partial charge is 0.306 e. The summed E-state index contributed by atoms with van der Waals surface area (Å²) in [5, 5.41) is 39.1. The first-order chi connectivity index (χ1) is 17.8. The van der Waals surface area contributed by atoms with Gasteiger partial charge in [-0.05, 0) is 32.1 Å². The van der Waals surface area contributed by atoms with Crippen molar-refractivity contribution >= 4 is 11.9 Å². The van der Waals surface area contributed by atoms with E-state index < -0.39 is 55.4 Å². The van der Waals surface area contributed by atoms with Crippen LogP contribution >= 0.6 is 0 Å². The van der Waals surface area contributed by atoms with Crippen molar-refractivity contribution in [3.05, 3.63) is 24.3 Å². The van der Waals surface area contributed by atoms with Crippen LogP contribution in [-0.2, 0) is 28.5 Å². The maximum atomic E-state index is 12.3. The number of hydrogen-bond donors (Lipinski definition) is 4. The van der Waals surface area contributed by atoms with E-state index in [4.69, 9.17) is 18.9 Å². The molecule has 0 radical (unpaired) electrons. The van der Waals surface area contributed by atoms with Crippen LogP contribution in [0.1, 0.15) is 78.1 Å². The van der Waals surface area contributed by atoms with Crippen LogP contribution in [0.4, 0.5) is 0 Å². The fourth-order valence-corrected chi connectivity index (χ4v) is 3.71. The van der Waals surface area contributed by atoms with E-state index in [0.717, 1.165) is 44.9 Å². The lowest BCUT2D eigenvalue weighted by atomic mass is 9.99. The van der Waals surface area contributed by atoms with Gasteiger partial charge >= 0.3 is 11.9 Å². The van der Waals surface area contributed by atoms with Crippen LogP contribution < -0.4 is 0 Å². The van der Waals surface area contributed by atoms with Gasteiger partial charge in [0.05, 0.1) is 13.2 Å². The molecule has 1 saturated heterocycles. The third kappa shape index (κ3) is 14.6. The van der Waals surface area contributed by atoms with E-state index in [2.05, 4.69) is 31.2 Å². The second-order valence-electron chi connectivity index (χ2n) is 9.22. The number of carbonyl (C=O) groups excluding carboxylic acids is 2. The lowest BCUT2D eigenvalue weighted by molar-refractivity contribution is -0.305. The fourth-order valence-electron chi connectivity index (χ4n) is 3.71. The molecule has 1 heterocycles. The molecule has 0 saturated carbocycles. The Morgan fingerprint density at radius 1 is 0.892 bits per heavy atom. The van der Waals surface area contributed by atoms with Gasteiger partial charge < -0.3 is 39.4 Å². The highest BCUT2D eigenvalue weighted by molar-refractivity contribution is 5.69. The van der Waals surface area contributed by atoms with Crippen molar-refractivity contribution in [2.24, 2.45) is 0 Å². The fraction of sp³-hybridized carbons (Fsp3) is 0.778. The van der Waals surface area contributed by atoms with Gasteiger partial charge in [-0.15, -0.1) is 0 Å². The zero-order valence-electron chi connectivity index (χ0n) is 22.2. The summed E-state index contributed by atoms with van der Waals surface area (Å²) < 4.78 is 21.0. The quantitative estimate of drug-likeness (QED) is 0.111. The van der Waals surface area contributed by atoms with E-state index in [1.54, 1.807) is 0 Å². The summed E-state index contributed by atoms with van der Waals surface area (Å²) in [4.78, 5) is 23.5. The van der Waals surface area contributed by atoms with E-state index in [-0.39, 0.29) is 19.6 Å². The Morgan fingerprint density at radius 2 is 1.57 bits per heavy atom. The van der Waals surface area contributed by atoms with E-state index in [9.17, 15) is 30.0 Å². The van der Waals surface area contributed by atoms with Gasteiger partial charge in [-0.25, -0.2) is 0 Å². The molecule has 0 aromatic carbocycles. The van der Waals surface area contributed by atoms with Gasteiger partial charge in [0.25, 0.3) is 0 Å². The van der Waals surface area contributed by atoms with Crippen molar-refractivity contribution in [3.8, 4) is 0 Å². The van der Waals surface area contributed by atoms with E-state index in [1.807, 2.05) is 0 Å². The molecule has 1 aliphatic rings. The van der Waals surface area contributed by atoms with Gasteiger partial charge in [0.1, 0.15) is 31.0 Å². The molecule has 0 aromatic rings. The maximum absolute atomic E-state index is 12.3. The Morgan fingerprint density at radius 3 is 2.24 bits per heavy atom. The molecule has 214 valence electrons. The normalized spacial score (nSPS) is 25.0. The minimum absolute atomic E-state index is 0.209. The second kappa shape index (κ2) is 20.2. The molecule has 0 bridgehead atoms. The predicted molar refractivity (Wildman–Crippen MR) is 136 cm³/mol. The van der Waals surface area contributed by atoms with Gasteiger partial charge in [0, 0.05) is 13.3 Å². The average Bonchev–Trinajstić information content (AvgIpc) is 2.87. The van der Waals surface area contributed by atoms with Crippen LogP contribution in [0.2, 0.25) is 0 Å². The van der Waals surface area contributed by atoms with Crippen LogP contribution in [0, 0.1) is 0 Å². The molecule has 10 heteroatoms. The summed E-state index contributed by atoms with van der Waals surface area (Å²) in [5.74, 6) is -1.02. The predicted octanol–water partition coefficient (Wildman–Crippen LogP) is 2.31. The van der Waals surface area contributed by atoms with Crippen LogP contribution in [-0.4, -0.2) is 89.0 Å². The highest BCUT2D eigenvalue weighted by Crippen LogP contribution is 2.22. The first-order valence-corrected chi connectivity index (χ1v) is 13.3. The van der Waals surface area contributed by atoms with Crippen molar-refractivity contribution in [2.75, 3.05) is 19.8 Å². The Bertz CT molecular complexity index is 678. The summed E-state index contributed by atoms with van der Waals surface area (Å²) >= 11 is 0. The van der Waals surface area contributed by atoms with Crippen LogP contribution in [0.25, 0.3) is 0 Å². The molecule has 4 N–H and O–H groups in total. The van der Waals surface area contributed by atoms with Gasteiger partial charge in [0.2, 0.25) is 0 Å². The first-order valence-electron chi connectivity index (χ1n) is 13.3. The summed E-state index contributed by atoms with van der Waals surface area (Å²) in [7, 11) is 0. The third-order valence-electron chi connectivity index (χ3n) is 5.88. The monoisotopic (exact) mass is 530 g/mol. The van der Waals surface area contributed by atoms with Gasteiger partial charge in [-0.1, -0.05) is 56.9 Å². The molecule has 0 aromatic heterocycles. The molecule has 0 aliphatic carbocycles. The standard InChI is InChI=1S/C27H46O10/c1-3-4-5-6-7-8-9-10-11-12-13-14-15-16-23(30)36-21(18-34-20(2)29)19-35-27-26(33)25(32)24(31)22(17-28)37-27/h5-6,8-9,21-22,24-28,31-33H,3-4,7,10-19H2,1-2H3/b6-5-,9-8-. The zero-order chi connectivity index (χ0) is 27.5. The first kappa shape index (κ1) is 33.2. The molecular formula is C27H46O10. The number of unbranched alkanes of at least 4 members (excludes halogenated alkanes) is 6. The molecule has 0 spiro atoms. The van der Waals surface area contributed by atoms with Crippen molar-refractivity contribution in [2.45, 2.75) is 115 Å². The number of rotatable bonds is 19. The Labute approximate surface area is 220 Å². The van der Waals surface area contributed by atoms with Crippen molar-refractivity contribution in [3.63, 3.8) is 0 Å². The highest BCUT2D eigenvalue weighted by atomic mass is 16.7.